The number of methoxy groups -OCH3 is 1. The zero-order valence-corrected chi connectivity index (χ0v) is 30.3. The van der Waals surface area contributed by atoms with Crippen molar-refractivity contribution in [3.05, 3.63) is 64.7 Å². The highest BCUT2D eigenvalue weighted by atomic mass is 16.7. The van der Waals surface area contributed by atoms with Crippen molar-refractivity contribution < 1.29 is 33.5 Å². The summed E-state index contributed by atoms with van der Waals surface area (Å²) in [6.07, 6.45) is 3.19. The van der Waals surface area contributed by atoms with Gasteiger partial charge in [-0.05, 0) is 72.8 Å². The summed E-state index contributed by atoms with van der Waals surface area (Å²) < 4.78 is 5.54. The Hall–Kier alpha value is -4.74. The Morgan fingerprint density at radius 1 is 1.04 bits per heavy atom. The highest BCUT2D eigenvalue weighted by Gasteiger charge is 2.56. The average molecular weight is 700 g/mol. The van der Waals surface area contributed by atoms with E-state index in [1.54, 1.807) is 7.11 Å². The fourth-order valence-electron chi connectivity index (χ4n) is 7.70. The van der Waals surface area contributed by atoms with Gasteiger partial charge < -0.3 is 30.8 Å². The van der Waals surface area contributed by atoms with Crippen LogP contribution in [0.15, 0.2) is 47.6 Å². The Morgan fingerprint density at radius 3 is 2.29 bits per heavy atom. The molecule has 272 valence electrons. The predicted molar refractivity (Wildman–Crippen MR) is 190 cm³/mol. The molecule has 1 unspecified atom stereocenters. The molecule has 2 aromatic carbocycles. The van der Waals surface area contributed by atoms with Gasteiger partial charge in [0.2, 0.25) is 23.5 Å². The first-order valence-electron chi connectivity index (χ1n) is 17.8. The number of carbonyl (C=O) groups excluding carboxylic acids is 5. The van der Waals surface area contributed by atoms with Gasteiger partial charge in [-0.15, -0.1) is 0 Å². The minimum atomic E-state index is -1.12. The van der Waals surface area contributed by atoms with Crippen molar-refractivity contribution in [2.24, 2.45) is 28.1 Å². The van der Waals surface area contributed by atoms with Crippen molar-refractivity contribution >= 4 is 35.1 Å². The number of rotatable bonds is 12. The lowest BCUT2D eigenvalue weighted by molar-refractivity contribution is -0.145. The van der Waals surface area contributed by atoms with Gasteiger partial charge in [-0.2, -0.15) is 0 Å². The molecule has 6 atom stereocenters. The second-order valence-corrected chi connectivity index (χ2v) is 16.0. The van der Waals surface area contributed by atoms with E-state index in [9.17, 15) is 24.0 Å². The van der Waals surface area contributed by atoms with Crippen LogP contribution in [0.2, 0.25) is 0 Å². The van der Waals surface area contributed by atoms with Crippen LogP contribution in [0.5, 0.6) is 5.75 Å². The van der Waals surface area contributed by atoms with Gasteiger partial charge in [0.15, 0.2) is 5.60 Å². The number of hydrogen-bond donors (Lipinski definition) is 3. The van der Waals surface area contributed by atoms with Crippen LogP contribution in [0.3, 0.4) is 0 Å². The Bertz CT molecular complexity index is 1740. The molecule has 1 spiro atoms. The Kier molecular flexibility index (Phi) is 9.73. The number of carbonyl (C=O) groups is 5. The SMILES string of the molecule is COc1c(C)cc(C2=NO[C@]3(C2)C[C@@H](C(=O)N[C@@H](CC2CC2)C(=O)C(N)=O)N(C(=O)[C@@H](NC(=O)[C@H]2CC2c2ccccc2)C(C)(C)C)C3)cc1C. The number of nitrogens with one attached hydrogen (secondary N) is 2. The number of Topliss-reactive ketones (excluding diaryl/α,β-unsaturated/α-hetero) is 1. The number of primary amides is 1. The van der Waals surface area contributed by atoms with Gasteiger partial charge in [0.05, 0.1) is 25.4 Å². The number of benzene rings is 2. The van der Waals surface area contributed by atoms with Gasteiger partial charge in [0.1, 0.15) is 17.8 Å². The van der Waals surface area contributed by atoms with Gasteiger partial charge in [-0.1, -0.05) is 69.1 Å². The normalized spacial score (nSPS) is 25.0. The second-order valence-electron chi connectivity index (χ2n) is 16.0. The first-order valence-corrected chi connectivity index (χ1v) is 17.8. The van der Waals surface area contributed by atoms with Crippen molar-refractivity contribution in [3.8, 4) is 5.75 Å². The van der Waals surface area contributed by atoms with E-state index in [0.717, 1.165) is 40.8 Å². The number of nitrogens with zero attached hydrogens (tertiary/aromatic N) is 2. The van der Waals surface area contributed by atoms with Crippen molar-refractivity contribution in [2.45, 2.75) is 103 Å². The number of likely N-dealkylation sites (tertiary alicyclic amines) is 1. The molecule has 4 amide bonds. The number of nitrogens with two attached hydrogens (primary N) is 1. The lowest BCUT2D eigenvalue weighted by atomic mass is 9.85. The molecule has 0 bridgehead atoms. The molecule has 4 N–H and O–H groups in total. The summed E-state index contributed by atoms with van der Waals surface area (Å²) in [5.74, 6) is -2.41. The summed E-state index contributed by atoms with van der Waals surface area (Å²) in [6.45, 7) is 9.55. The summed E-state index contributed by atoms with van der Waals surface area (Å²) in [7, 11) is 1.63. The molecular weight excluding hydrogens is 650 g/mol. The molecule has 12 nitrogen and oxygen atoms in total. The van der Waals surface area contributed by atoms with E-state index < -0.39 is 52.6 Å². The molecule has 2 heterocycles. The minimum absolute atomic E-state index is 0.0284. The van der Waals surface area contributed by atoms with Gasteiger partial charge in [-0.3, -0.25) is 24.0 Å². The third-order valence-electron chi connectivity index (χ3n) is 10.7. The number of hydrogen-bond acceptors (Lipinski definition) is 8. The molecule has 0 aromatic heterocycles. The quantitative estimate of drug-likeness (QED) is 0.285. The van der Waals surface area contributed by atoms with Crippen molar-refractivity contribution in [1.82, 2.24) is 15.5 Å². The standard InChI is InChI=1S/C39H49N5O7/c1-21-14-25(15-22(2)32(21)50-6)29-18-39(51-43-29)19-30(36(48)41-28(16-23-12-13-23)31(45)34(40)46)44(20-39)37(49)33(38(3,4)5)42-35(47)27-17-26(27)24-10-8-7-9-11-24/h7-11,14-15,23,26-28,30,33H,12-13,16-20H2,1-6H3,(H2,40,46)(H,41,48)(H,42,47)/t26?,27-,28-,30-,33+,39+/m0/s1. The third kappa shape index (κ3) is 7.64. The number of oxime groups is 1. The summed E-state index contributed by atoms with van der Waals surface area (Å²) in [6, 6.07) is 10.7. The molecule has 1 saturated heterocycles. The summed E-state index contributed by atoms with van der Waals surface area (Å²) in [5.41, 5.74) is 8.10. The summed E-state index contributed by atoms with van der Waals surface area (Å²) >= 11 is 0. The maximum Gasteiger partial charge on any atom is 0.287 e. The Labute approximate surface area is 298 Å². The number of amides is 4. The monoisotopic (exact) mass is 699 g/mol. The van der Waals surface area contributed by atoms with Crippen LogP contribution in [0.25, 0.3) is 0 Å². The van der Waals surface area contributed by atoms with E-state index in [4.69, 9.17) is 15.3 Å². The molecular formula is C39H49N5O7. The number of ketones is 1. The smallest absolute Gasteiger partial charge is 0.287 e. The van der Waals surface area contributed by atoms with Gasteiger partial charge >= 0.3 is 0 Å². The van der Waals surface area contributed by atoms with Crippen LogP contribution < -0.4 is 21.1 Å². The van der Waals surface area contributed by atoms with Crippen molar-refractivity contribution in [1.29, 1.82) is 0 Å². The lowest BCUT2D eigenvalue weighted by Crippen LogP contribution is -2.59. The molecule has 2 aliphatic carbocycles. The molecule has 51 heavy (non-hydrogen) atoms. The lowest BCUT2D eigenvalue weighted by Gasteiger charge is -2.35. The molecule has 6 rings (SSSR count). The van der Waals surface area contributed by atoms with E-state index >= 15 is 0 Å². The summed E-state index contributed by atoms with van der Waals surface area (Å²) in [5, 5.41) is 10.3. The van der Waals surface area contributed by atoms with Crippen LogP contribution in [0.4, 0.5) is 0 Å². The molecule has 2 saturated carbocycles. The number of aryl methyl sites for hydroxylation is 2. The van der Waals surface area contributed by atoms with E-state index in [0.29, 0.717) is 25.0 Å². The second kappa shape index (κ2) is 13.8. The minimum Gasteiger partial charge on any atom is -0.496 e. The largest absolute Gasteiger partial charge is 0.496 e. The van der Waals surface area contributed by atoms with Gasteiger partial charge in [0, 0.05) is 24.3 Å². The van der Waals surface area contributed by atoms with Crippen LogP contribution in [0.1, 0.15) is 87.5 Å². The molecule has 2 aromatic rings. The third-order valence-corrected chi connectivity index (χ3v) is 10.7. The van der Waals surface area contributed by atoms with E-state index in [1.165, 1.54) is 4.90 Å². The predicted octanol–water partition coefficient (Wildman–Crippen LogP) is 3.45. The first kappa shape index (κ1) is 36.1. The maximum atomic E-state index is 14.7. The maximum absolute atomic E-state index is 14.7. The van der Waals surface area contributed by atoms with Gasteiger partial charge in [0.25, 0.3) is 5.91 Å². The Balaban J connectivity index is 1.26. The molecule has 4 aliphatic rings. The van der Waals surface area contributed by atoms with Crippen molar-refractivity contribution in [3.63, 3.8) is 0 Å². The molecule has 0 radical (unpaired) electrons. The van der Waals surface area contributed by atoms with E-state index in [1.807, 2.05) is 77.1 Å². The van der Waals surface area contributed by atoms with Gasteiger partial charge in [-0.25, -0.2) is 0 Å². The van der Waals surface area contributed by atoms with E-state index in [-0.39, 0.29) is 36.6 Å². The fraction of sp³-hybridized carbons (Fsp3) is 0.538. The zero-order chi connectivity index (χ0) is 36.8. The fourth-order valence-corrected chi connectivity index (χ4v) is 7.70. The van der Waals surface area contributed by atoms with Crippen LogP contribution in [-0.4, -0.2) is 77.4 Å². The topological polar surface area (TPSA) is 169 Å². The van der Waals surface area contributed by atoms with Crippen LogP contribution >= 0.6 is 0 Å². The van der Waals surface area contributed by atoms with Crippen LogP contribution in [-0.2, 0) is 28.8 Å². The highest BCUT2D eigenvalue weighted by molar-refractivity contribution is 6.37. The first-order chi connectivity index (χ1) is 24.1. The Morgan fingerprint density at radius 2 is 1.71 bits per heavy atom. The van der Waals surface area contributed by atoms with Crippen LogP contribution in [0, 0.1) is 31.1 Å². The zero-order valence-electron chi connectivity index (χ0n) is 30.3. The van der Waals surface area contributed by atoms with Crippen molar-refractivity contribution in [2.75, 3.05) is 13.7 Å². The molecule has 2 aliphatic heterocycles. The molecule has 12 heteroatoms. The molecule has 3 fully saturated rings. The summed E-state index contributed by atoms with van der Waals surface area (Å²) in [4.78, 5) is 74.8. The highest BCUT2D eigenvalue weighted by Crippen LogP contribution is 2.48. The number of ether oxygens (including phenoxy) is 1. The van der Waals surface area contributed by atoms with E-state index in [2.05, 4.69) is 15.8 Å². The average Bonchev–Trinajstić information content (AvgIpc) is 4.00.